The van der Waals surface area contributed by atoms with E-state index < -0.39 is 0 Å². The van der Waals surface area contributed by atoms with E-state index >= 15 is 0 Å². The van der Waals surface area contributed by atoms with E-state index in [-0.39, 0.29) is 17.9 Å². The molecule has 128 valence electrons. The van der Waals surface area contributed by atoms with E-state index in [2.05, 4.69) is 10.6 Å². The van der Waals surface area contributed by atoms with Crippen molar-refractivity contribution in [1.29, 1.82) is 0 Å². The molecule has 0 spiro atoms. The van der Waals surface area contributed by atoms with Crippen molar-refractivity contribution in [1.82, 2.24) is 10.6 Å². The number of rotatable bonds is 9. The van der Waals surface area contributed by atoms with Gasteiger partial charge >= 0.3 is 0 Å². The maximum Gasteiger partial charge on any atom is 0.278 e. The van der Waals surface area contributed by atoms with Crippen LogP contribution in [0, 0.1) is 0 Å². The molecule has 2 atom stereocenters. The Bertz CT molecular complexity index is 502. The molecule has 2 amide bonds. The molecule has 0 saturated carbocycles. The van der Waals surface area contributed by atoms with Crippen LogP contribution in [0.1, 0.15) is 26.3 Å². The molecule has 1 rings (SSSR count). The molecule has 0 saturated heterocycles. The topological polar surface area (TPSA) is 71.9 Å². The van der Waals surface area contributed by atoms with Gasteiger partial charge in [0.05, 0.1) is 13.7 Å². The Balaban J connectivity index is 2.51. The van der Waals surface area contributed by atoms with Crippen LogP contribution < -0.4 is 20.3 Å². The number of carbonyl (C=O) groups excluding carboxylic acids is 2. The van der Waals surface area contributed by atoms with E-state index in [1.54, 1.807) is 7.11 Å². The number of nitrogens with one attached hydrogen (secondary N) is 3. The van der Waals surface area contributed by atoms with Crippen molar-refractivity contribution in [2.75, 3.05) is 26.7 Å². The molecule has 6 nitrogen and oxygen atoms in total. The number of amides is 2. The van der Waals surface area contributed by atoms with Gasteiger partial charge in [-0.25, -0.2) is 0 Å². The molecule has 1 aromatic carbocycles. The molecule has 0 fully saturated rings. The van der Waals surface area contributed by atoms with Gasteiger partial charge in [-0.15, -0.1) is 0 Å². The lowest BCUT2D eigenvalue weighted by Gasteiger charge is -2.23. The molecular weight excluding hydrogens is 294 g/mol. The van der Waals surface area contributed by atoms with Crippen molar-refractivity contribution >= 4 is 11.8 Å². The highest BCUT2D eigenvalue weighted by atomic mass is 16.5. The van der Waals surface area contributed by atoms with Crippen molar-refractivity contribution in [3.05, 3.63) is 29.8 Å². The van der Waals surface area contributed by atoms with Gasteiger partial charge in [-0.3, -0.25) is 9.59 Å². The molecule has 0 aliphatic heterocycles. The fourth-order valence-electron chi connectivity index (χ4n) is 2.32. The summed E-state index contributed by atoms with van der Waals surface area (Å²) in [5.41, 5.74) is 1.01. The molecular formula is C17H28N3O3+. The van der Waals surface area contributed by atoms with Crippen molar-refractivity contribution in [2.24, 2.45) is 0 Å². The predicted molar refractivity (Wildman–Crippen MR) is 89.4 cm³/mol. The first-order chi connectivity index (χ1) is 11.0. The summed E-state index contributed by atoms with van der Waals surface area (Å²) in [6, 6.07) is 7.29. The van der Waals surface area contributed by atoms with E-state index in [0.29, 0.717) is 26.2 Å². The van der Waals surface area contributed by atoms with Crippen molar-refractivity contribution in [3.63, 3.8) is 0 Å². The molecule has 0 aliphatic carbocycles. The standard InChI is InChI=1S/C17H27N3O3/c1-5-18-16(21)12-20(6-2)13(3)17(22)19-11-14-7-9-15(23-4)10-8-14/h7-10,13H,5-6,11-12H2,1-4H3,(H,18,21)(H,19,22)/p+1/t13-/m1/s1. The number of likely N-dealkylation sites (N-methyl/N-ethyl adjacent to an activating group) is 2. The van der Waals surface area contributed by atoms with Gasteiger partial charge in [0.15, 0.2) is 12.6 Å². The third-order valence-electron chi connectivity index (χ3n) is 3.85. The highest BCUT2D eigenvalue weighted by Gasteiger charge is 2.25. The summed E-state index contributed by atoms with van der Waals surface area (Å²) in [5, 5.41) is 5.69. The lowest BCUT2D eigenvalue weighted by atomic mass is 10.2. The minimum atomic E-state index is -0.277. The van der Waals surface area contributed by atoms with Crippen molar-refractivity contribution in [3.8, 4) is 5.75 Å². The van der Waals surface area contributed by atoms with Crippen LogP contribution in [0.15, 0.2) is 24.3 Å². The highest BCUT2D eigenvalue weighted by molar-refractivity contribution is 5.81. The Labute approximate surface area is 138 Å². The number of methoxy groups -OCH3 is 1. The molecule has 0 aromatic heterocycles. The molecule has 0 bridgehead atoms. The normalized spacial score (nSPS) is 13.0. The van der Waals surface area contributed by atoms with Gasteiger partial charge in [0, 0.05) is 13.1 Å². The van der Waals surface area contributed by atoms with Crippen LogP contribution in [0.5, 0.6) is 5.75 Å². The van der Waals surface area contributed by atoms with E-state index in [9.17, 15) is 9.59 Å². The van der Waals surface area contributed by atoms with Crippen LogP contribution in [0.4, 0.5) is 0 Å². The van der Waals surface area contributed by atoms with Crippen LogP contribution in [0.3, 0.4) is 0 Å². The van der Waals surface area contributed by atoms with Gasteiger partial charge < -0.3 is 20.3 Å². The van der Waals surface area contributed by atoms with Crippen LogP contribution in [0.2, 0.25) is 0 Å². The Morgan fingerprint density at radius 2 is 1.83 bits per heavy atom. The van der Waals surface area contributed by atoms with E-state index in [1.807, 2.05) is 45.0 Å². The Morgan fingerprint density at radius 3 is 2.35 bits per heavy atom. The number of ether oxygens (including phenoxy) is 1. The SMILES string of the molecule is CCNC(=O)C[NH+](CC)[C@H](C)C(=O)NCc1ccc(OC)cc1. The third kappa shape index (κ3) is 6.28. The largest absolute Gasteiger partial charge is 0.497 e. The van der Waals surface area contributed by atoms with E-state index in [1.165, 1.54) is 0 Å². The van der Waals surface area contributed by atoms with E-state index in [4.69, 9.17) is 4.74 Å². The molecule has 1 unspecified atom stereocenters. The number of hydrogen-bond donors (Lipinski definition) is 3. The summed E-state index contributed by atoms with van der Waals surface area (Å²) in [5.74, 6) is 0.707. The first-order valence-corrected chi connectivity index (χ1v) is 8.03. The first kappa shape index (κ1) is 19.0. The van der Waals surface area contributed by atoms with Crippen LogP contribution in [-0.4, -0.2) is 44.6 Å². The summed E-state index contributed by atoms with van der Waals surface area (Å²) >= 11 is 0. The van der Waals surface area contributed by atoms with Gasteiger partial charge in [-0.2, -0.15) is 0 Å². The molecule has 3 N–H and O–H groups in total. The van der Waals surface area contributed by atoms with Gasteiger partial charge in [0.2, 0.25) is 0 Å². The lowest BCUT2D eigenvalue weighted by molar-refractivity contribution is -0.904. The van der Waals surface area contributed by atoms with Crippen LogP contribution in [0.25, 0.3) is 0 Å². The maximum atomic E-state index is 12.3. The minimum Gasteiger partial charge on any atom is -0.497 e. The zero-order valence-electron chi connectivity index (χ0n) is 14.4. The first-order valence-electron chi connectivity index (χ1n) is 8.03. The quantitative estimate of drug-likeness (QED) is 0.587. The Hall–Kier alpha value is -2.08. The summed E-state index contributed by atoms with van der Waals surface area (Å²) < 4.78 is 5.11. The number of benzene rings is 1. The van der Waals surface area contributed by atoms with E-state index in [0.717, 1.165) is 16.2 Å². The molecule has 6 heteroatoms. The smallest absolute Gasteiger partial charge is 0.278 e. The molecule has 0 radical (unpaired) electrons. The fourth-order valence-corrected chi connectivity index (χ4v) is 2.32. The maximum absolute atomic E-state index is 12.3. The summed E-state index contributed by atoms with van der Waals surface area (Å²) in [6.45, 7) is 7.80. The second-order valence-corrected chi connectivity index (χ2v) is 5.43. The lowest BCUT2D eigenvalue weighted by Crippen LogP contribution is -3.17. The third-order valence-corrected chi connectivity index (χ3v) is 3.85. The summed E-state index contributed by atoms with van der Waals surface area (Å²) in [7, 11) is 1.62. The average Bonchev–Trinajstić information content (AvgIpc) is 2.57. The molecule has 23 heavy (non-hydrogen) atoms. The second-order valence-electron chi connectivity index (χ2n) is 5.43. The number of carbonyl (C=O) groups is 2. The van der Waals surface area contributed by atoms with Crippen LogP contribution in [-0.2, 0) is 16.1 Å². The fraction of sp³-hybridized carbons (Fsp3) is 0.529. The van der Waals surface area contributed by atoms with Gasteiger partial charge in [0.1, 0.15) is 5.75 Å². The number of hydrogen-bond acceptors (Lipinski definition) is 3. The Morgan fingerprint density at radius 1 is 1.17 bits per heavy atom. The molecule has 1 aromatic rings. The summed E-state index contributed by atoms with van der Waals surface area (Å²) in [4.78, 5) is 24.9. The van der Waals surface area contributed by atoms with Crippen molar-refractivity contribution in [2.45, 2.75) is 33.4 Å². The average molecular weight is 322 g/mol. The van der Waals surface area contributed by atoms with Gasteiger partial charge in [0.25, 0.3) is 11.8 Å². The zero-order valence-corrected chi connectivity index (χ0v) is 14.4. The molecule has 0 heterocycles. The summed E-state index contributed by atoms with van der Waals surface area (Å²) in [6.07, 6.45) is 0. The zero-order chi connectivity index (χ0) is 17.2. The van der Waals surface area contributed by atoms with Crippen molar-refractivity contribution < 1.29 is 19.2 Å². The predicted octanol–water partition coefficient (Wildman–Crippen LogP) is -0.259. The minimum absolute atomic E-state index is 0.0286. The Kier molecular flexibility index (Phi) is 8.11. The monoisotopic (exact) mass is 322 g/mol. The number of quaternary nitrogens is 1. The molecule has 0 aliphatic rings. The highest BCUT2D eigenvalue weighted by Crippen LogP contribution is 2.10. The van der Waals surface area contributed by atoms with Gasteiger partial charge in [-0.1, -0.05) is 12.1 Å². The van der Waals surface area contributed by atoms with Gasteiger partial charge in [-0.05, 0) is 38.5 Å². The second kappa shape index (κ2) is 9.84. The van der Waals surface area contributed by atoms with Crippen LogP contribution >= 0.6 is 0 Å².